The van der Waals surface area contributed by atoms with Crippen LogP contribution in [0.4, 0.5) is 14.9 Å². The van der Waals surface area contributed by atoms with E-state index in [2.05, 4.69) is 22.2 Å². The van der Waals surface area contributed by atoms with Gasteiger partial charge in [0.2, 0.25) is 5.95 Å². The van der Waals surface area contributed by atoms with E-state index >= 15 is 0 Å². The second-order valence-electron chi connectivity index (χ2n) is 5.05. The quantitative estimate of drug-likeness (QED) is 0.586. The lowest BCUT2D eigenvalue weighted by Crippen LogP contribution is -2.34. The highest BCUT2D eigenvalue weighted by Gasteiger charge is 2.07. The zero-order valence-corrected chi connectivity index (χ0v) is 12.9. The van der Waals surface area contributed by atoms with Crippen molar-refractivity contribution in [1.82, 2.24) is 15.6 Å². The number of benzene rings is 1. The number of hydrogen-bond acceptors (Lipinski definition) is 3. The van der Waals surface area contributed by atoms with Gasteiger partial charge in [0, 0.05) is 36.1 Å². The Morgan fingerprint density at radius 1 is 1.30 bits per heavy atom. The summed E-state index contributed by atoms with van der Waals surface area (Å²) in [6.07, 6.45) is 1.89. The first-order valence-electron chi connectivity index (χ1n) is 7.22. The van der Waals surface area contributed by atoms with Crippen LogP contribution in [0.15, 0.2) is 48.8 Å². The van der Waals surface area contributed by atoms with E-state index in [4.69, 9.17) is 5.73 Å². The van der Waals surface area contributed by atoms with Crippen molar-refractivity contribution in [3.05, 3.63) is 60.3 Å². The molecule has 2 amide bonds. The molecule has 120 valence electrons. The molecule has 0 aliphatic rings. The van der Waals surface area contributed by atoms with E-state index in [9.17, 15) is 9.18 Å². The molecule has 0 bridgehead atoms. The molecule has 2 aromatic rings. The smallest absolute Gasteiger partial charge is 0.318 e. The van der Waals surface area contributed by atoms with E-state index in [1.165, 1.54) is 12.3 Å². The van der Waals surface area contributed by atoms with Crippen LogP contribution in [0, 0.1) is 5.95 Å². The number of halogens is 1. The van der Waals surface area contributed by atoms with Crippen LogP contribution in [0.5, 0.6) is 0 Å². The Kier molecular flexibility index (Phi) is 5.30. The number of carbonyl (C=O) groups excluding carboxylic acids is 1. The maximum atomic E-state index is 12.9. The summed E-state index contributed by atoms with van der Waals surface area (Å²) in [6.45, 7) is 6.20. The van der Waals surface area contributed by atoms with Gasteiger partial charge >= 0.3 is 6.03 Å². The Balaban J connectivity index is 2.09. The Morgan fingerprint density at radius 2 is 2.04 bits per heavy atom. The zero-order chi connectivity index (χ0) is 16.8. The Bertz CT molecular complexity index is 713. The molecule has 0 saturated heterocycles. The van der Waals surface area contributed by atoms with Crippen LogP contribution >= 0.6 is 0 Å². The lowest BCUT2D eigenvalue weighted by Gasteiger charge is -2.12. The van der Waals surface area contributed by atoms with E-state index in [-0.39, 0.29) is 6.03 Å². The summed E-state index contributed by atoms with van der Waals surface area (Å²) < 4.78 is 12.9. The predicted molar refractivity (Wildman–Crippen MR) is 89.1 cm³/mol. The minimum Gasteiger partial charge on any atom is -0.398 e. The molecular formula is C17H19FN4O. The topological polar surface area (TPSA) is 80.0 Å². The summed E-state index contributed by atoms with van der Waals surface area (Å²) in [6, 6.07) is 8.19. The highest BCUT2D eigenvalue weighted by atomic mass is 19.1. The monoisotopic (exact) mass is 314 g/mol. The molecule has 1 heterocycles. The van der Waals surface area contributed by atoms with Gasteiger partial charge < -0.3 is 16.4 Å². The molecular weight excluding hydrogens is 295 g/mol. The van der Waals surface area contributed by atoms with Crippen molar-refractivity contribution in [3.63, 3.8) is 0 Å². The maximum Gasteiger partial charge on any atom is 0.318 e. The second-order valence-corrected chi connectivity index (χ2v) is 5.05. The summed E-state index contributed by atoms with van der Waals surface area (Å²) in [5.41, 5.74) is 9.67. The van der Waals surface area contributed by atoms with Crippen molar-refractivity contribution in [3.8, 4) is 11.1 Å². The first kappa shape index (κ1) is 16.5. The van der Waals surface area contributed by atoms with E-state index < -0.39 is 5.95 Å². The van der Waals surface area contributed by atoms with Gasteiger partial charge in [0.05, 0.1) is 0 Å². The van der Waals surface area contributed by atoms with Gasteiger partial charge in [0.25, 0.3) is 0 Å². The minimum absolute atomic E-state index is 0.287. The standard InChI is InChI=1S/C17H19FN4O/c1-3-20-17(23)22-11(2)8-13-5-4-12(9-15(13)19)14-6-7-16(18)21-10-14/h4-7,9-10H,2-3,8,19H2,1H3,(H2,20,22,23). The molecule has 0 radical (unpaired) electrons. The van der Waals surface area contributed by atoms with Crippen molar-refractivity contribution in [2.24, 2.45) is 0 Å². The molecule has 4 N–H and O–H groups in total. The highest BCUT2D eigenvalue weighted by Crippen LogP contribution is 2.24. The lowest BCUT2D eigenvalue weighted by molar-refractivity contribution is 0.243. The predicted octanol–water partition coefficient (Wildman–Crippen LogP) is 2.85. The fourth-order valence-electron chi connectivity index (χ4n) is 2.12. The highest BCUT2D eigenvalue weighted by molar-refractivity contribution is 5.76. The maximum absolute atomic E-state index is 12.9. The average Bonchev–Trinajstić information content (AvgIpc) is 2.50. The number of nitrogen functional groups attached to an aromatic ring is 1. The number of pyridine rings is 1. The normalized spacial score (nSPS) is 10.2. The van der Waals surface area contributed by atoms with Crippen LogP contribution in [0.25, 0.3) is 11.1 Å². The molecule has 0 fully saturated rings. The van der Waals surface area contributed by atoms with Crippen molar-refractivity contribution >= 4 is 11.7 Å². The Hall–Kier alpha value is -2.89. The molecule has 2 rings (SSSR count). The zero-order valence-electron chi connectivity index (χ0n) is 12.9. The number of rotatable bonds is 5. The van der Waals surface area contributed by atoms with E-state index in [0.717, 1.165) is 16.7 Å². The van der Waals surface area contributed by atoms with Crippen LogP contribution in [0.3, 0.4) is 0 Å². The van der Waals surface area contributed by atoms with E-state index in [1.807, 2.05) is 19.1 Å². The van der Waals surface area contributed by atoms with Crippen molar-refractivity contribution in [2.75, 3.05) is 12.3 Å². The first-order chi connectivity index (χ1) is 11.0. The summed E-state index contributed by atoms with van der Waals surface area (Å²) in [5, 5.41) is 5.29. The lowest BCUT2D eigenvalue weighted by atomic mass is 10.0. The third-order valence-electron chi connectivity index (χ3n) is 3.24. The molecule has 0 atom stereocenters. The number of nitrogens with one attached hydrogen (secondary N) is 2. The minimum atomic E-state index is -0.522. The van der Waals surface area contributed by atoms with E-state index in [0.29, 0.717) is 24.4 Å². The van der Waals surface area contributed by atoms with Crippen LogP contribution in [0.1, 0.15) is 12.5 Å². The third kappa shape index (κ3) is 4.54. The molecule has 0 unspecified atom stereocenters. The van der Waals surface area contributed by atoms with Crippen LogP contribution in [-0.2, 0) is 6.42 Å². The molecule has 6 heteroatoms. The Labute approximate surface area is 134 Å². The SMILES string of the molecule is C=C(Cc1ccc(-c2ccc(F)nc2)cc1N)NC(=O)NCC. The largest absolute Gasteiger partial charge is 0.398 e. The molecule has 1 aromatic heterocycles. The summed E-state index contributed by atoms with van der Waals surface area (Å²) >= 11 is 0. The third-order valence-corrected chi connectivity index (χ3v) is 3.24. The molecule has 0 aliphatic heterocycles. The summed E-state index contributed by atoms with van der Waals surface area (Å²) in [4.78, 5) is 15.1. The number of hydrogen-bond donors (Lipinski definition) is 3. The van der Waals surface area contributed by atoms with E-state index in [1.54, 1.807) is 12.1 Å². The van der Waals surface area contributed by atoms with Gasteiger partial charge in [-0.2, -0.15) is 4.39 Å². The molecule has 0 aliphatic carbocycles. The van der Waals surface area contributed by atoms with Gasteiger partial charge in [-0.05, 0) is 36.2 Å². The second kappa shape index (κ2) is 7.40. The number of urea groups is 1. The Morgan fingerprint density at radius 3 is 2.65 bits per heavy atom. The van der Waals surface area contributed by atoms with Gasteiger partial charge in [-0.15, -0.1) is 0 Å². The van der Waals surface area contributed by atoms with Crippen LogP contribution in [0.2, 0.25) is 0 Å². The number of carbonyl (C=O) groups is 1. The van der Waals surface area contributed by atoms with Crippen LogP contribution in [-0.4, -0.2) is 17.6 Å². The molecule has 23 heavy (non-hydrogen) atoms. The van der Waals surface area contributed by atoms with Gasteiger partial charge in [-0.25, -0.2) is 9.78 Å². The number of nitrogens with two attached hydrogens (primary N) is 1. The average molecular weight is 314 g/mol. The molecule has 0 spiro atoms. The van der Waals surface area contributed by atoms with Crippen molar-refractivity contribution < 1.29 is 9.18 Å². The summed E-state index contributed by atoms with van der Waals surface area (Å²) in [7, 11) is 0. The fourth-order valence-corrected chi connectivity index (χ4v) is 2.12. The number of aromatic nitrogens is 1. The van der Waals surface area contributed by atoms with Crippen molar-refractivity contribution in [2.45, 2.75) is 13.3 Å². The number of allylic oxidation sites excluding steroid dienone is 1. The number of anilines is 1. The van der Waals surface area contributed by atoms with Gasteiger partial charge in [0.1, 0.15) is 0 Å². The molecule has 1 aromatic carbocycles. The van der Waals surface area contributed by atoms with Gasteiger partial charge in [0.15, 0.2) is 0 Å². The number of nitrogens with zero attached hydrogens (tertiary/aromatic N) is 1. The number of amides is 2. The van der Waals surface area contributed by atoms with Gasteiger partial charge in [-0.3, -0.25) is 0 Å². The first-order valence-corrected chi connectivity index (χ1v) is 7.22. The van der Waals surface area contributed by atoms with Crippen LogP contribution < -0.4 is 16.4 Å². The molecule has 0 saturated carbocycles. The van der Waals surface area contributed by atoms with Gasteiger partial charge in [-0.1, -0.05) is 18.7 Å². The van der Waals surface area contributed by atoms with Crippen molar-refractivity contribution in [1.29, 1.82) is 0 Å². The summed E-state index contributed by atoms with van der Waals surface area (Å²) in [5.74, 6) is -0.522. The fraction of sp³-hybridized carbons (Fsp3) is 0.176. The molecule has 5 nitrogen and oxygen atoms in total.